The molecule has 7 nitrogen and oxygen atoms in total. The van der Waals surface area contributed by atoms with Gasteiger partial charge >= 0.3 is 0 Å². The van der Waals surface area contributed by atoms with Gasteiger partial charge in [-0.25, -0.2) is 4.57 Å². The van der Waals surface area contributed by atoms with Crippen molar-refractivity contribution >= 4 is 40.0 Å². The van der Waals surface area contributed by atoms with Gasteiger partial charge in [-0.1, -0.05) is 35.5 Å². The minimum Gasteiger partial charge on any atom is -0.497 e. The van der Waals surface area contributed by atoms with Gasteiger partial charge in [-0.3, -0.25) is 9.20 Å². The number of fused-ring (bicyclic) bond motifs is 3. The molecule has 0 unspecified atom stereocenters. The smallest absolute Gasteiger partial charge is 0.267 e. The number of thioether (sulfide) groups is 1. The van der Waals surface area contributed by atoms with E-state index in [1.807, 2.05) is 65.1 Å². The molecule has 5 rings (SSSR count). The minimum absolute atomic E-state index is 0.145. The summed E-state index contributed by atoms with van der Waals surface area (Å²) >= 11 is 7.49. The number of nitrogens with zero attached hydrogens (tertiary/aromatic N) is 4. The third-order valence-electron chi connectivity index (χ3n) is 5.33. The Balaban J connectivity index is 1.43. The number of methoxy groups -OCH3 is 1. The zero-order chi connectivity index (χ0) is 23.5. The van der Waals surface area contributed by atoms with E-state index >= 15 is 0 Å². The number of benzene rings is 3. The number of rotatable bonds is 8. The Morgan fingerprint density at radius 2 is 1.68 bits per heavy atom. The number of ether oxygens (including phenoxy) is 2. The Labute approximate surface area is 204 Å². The van der Waals surface area contributed by atoms with Crippen LogP contribution in [0, 0.1) is 0 Å². The standard InChI is InChI=1S/C25H21ClN4O3S/c1-32-19-13-9-18(10-14-19)29-23(31)21-5-2-3-6-22(21)30-24(29)27-28-25(30)34-16-4-15-33-20-11-7-17(26)8-12-20/h2-3,5-14H,4,15-16H2,1H3. The fourth-order valence-electron chi connectivity index (χ4n) is 3.68. The molecule has 0 amide bonds. The van der Waals surface area contributed by atoms with E-state index in [1.165, 1.54) is 0 Å². The van der Waals surface area contributed by atoms with Crippen molar-refractivity contribution in [3.05, 3.63) is 88.2 Å². The predicted molar refractivity (Wildman–Crippen MR) is 135 cm³/mol. The van der Waals surface area contributed by atoms with E-state index < -0.39 is 0 Å². The van der Waals surface area contributed by atoms with Crippen molar-refractivity contribution in [2.75, 3.05) is 19.5 Å². The SMILES string of the molecule is COc1ccc(-n2c(=O)c3ccccc3n3c(SCCCOc4ccc(Cl)cc4)nnc23)cc1. The van der Waals surface area contributed by atoms with Crippen LogP contribution >= 0.6 is 23.4 Å². The topological polar surface area (TPSA) is 70.7 Å². The lowest BCUT2D eigenvalue weighted by Crippen LogP contribution is -2.21. The Kier molecular flexibility index (Phi) is 6.42. The van der Waals surface area contributed by atoms with Crippen LogP contribution in [0.25, 0.3) is 22.4 Å². The van der Waals surface area contributed by atoms with Crippen LogP contribution in [0.4, 0.5) is 0 Å². The molecule has 9 heteroatoms. The number of para-hydroxylation sites is 1. The van der Waals surface area contributed by atoms with Gasteiger partial charge in [0.2, 0.25) is 5.78 Å². The Hall–Kier alpha value is -3.49. The second-order valence-corrected chi connectivity index (χ2v) is 8.98. The first-order valence-electron chi connectivity index (χ1n) is 10.7. The highest BCUT2D eigenvalue weighted by atomic mass is 35.5. The van der Waals surface area contributed by atoms with Crippen LogP contribution < -0.4 is 15.0 Å². The molecule has 0 spiro atoms. The van der Waals surface area contributed by atoms with Gasteiger partial charge in [0, 0.05) is 10.8 Å². The second-order valence-electron chi connectivity index (χ2n) is 7.48. The molecule has 0 N–H and O–H groups in total. The van der Waals surface area contributed by atoms with Crippen LogP contribution in [0.3, 0.4) is 0 Å². The van der Waals surface area contributed by atoms with Crippen molar-refractivity contribution in [1.29, 1.82) is 0 Å². The molecule has 0 aliphatic carbocycles. The summed E-state index contributed by atoms with van der Waals surface area (Å²) in [6.45, 7) is 0.572. The van der Waals surface area contributed by atoms with Crippen molar-refractivity contribution in [2.24, 2.45) is 0 Å². The normalized spacial score (nSPS) is 11.2. The highest BCUT2D eigenvalue weighted by Crippen LogP contribution is 2.24. The molecule has 0 saturated carbocycles. The zero-order valence-electron chi connectivity index (χ0n) is 18.3. The molecule has 0 aliphatic rings. The molecule has 5 aromatic rings. The third kappa shape index (κ3) is 4.34. The highest BCUT2D eigenvalue weighted by Gasteiger charge is 2.17. The van der Waals surface area contributed by atoms with Crippen molar-refractivity contribution in [3.63, 3.8) is 0 Å². The van der Waals surface area contributed by atoms with Crippen LogP contribution in [-0.2, 0) is 0 Å². The van der Waals surface area contributed by atoms with Crippen LogP contribution in [0.2, 0.25) is 5.02 Å². The molecule has 0 fully saturated rings. The van der Waals surface area contributed by atoms with Crippen molar-refractivity contribution < 1.29 is 9.47 Å². The Morgan fingerprint density at radius 3 is 2.44 bits per heavy atom. The molecule has 3 aromatic carbocycles. The number of hydrogen-bond donors (Lipinski definition) is 0. The first kappa shape index (κ1) is 22.3. The maximum atomic E-state index is 13.4. The summed E-state index contributed by atoms with van der Waals surface area (Å²) < 4.78 is 14.6. The van der Waals surface area contributed by atoms with Crippen molar-refractivity contribution in [2.45, 2.75) is 11.6 Å². The first-order chi connectivity index (χ1) is 16.7. The monoisotopic (exact) mass is 492 g/mol. The summed E-state index contributed by atoms with van der Waals surface area (Å²) in [5, 5.41) is 10.8. The largest absolute Gasteiger partial charge is 0.497 e. The van der Waals surface area contributed by atoms with E-state index in [0.29, 0.717) is 34.2 Å². The molecule has 34 heavy (non-hydrogen) atoms. The van der Waals surface area contributed by atoms with Crippen molar-refractivity contribution in [3.8, 4) is 17.2 Å². The lowest BCUT2D eigenvalue weighted by atomic mass is 10.2. The van der Waals surface area contributed by atoms with Gasteiger partial charge < -0.3 is 9.47 Å². The van der Waals surface area contributed by atoms with Gasteiger partial charge in [-0.05, 0) is 67.1 Å². The van der Waals surface area contributed by atoms with Crippen LogP contribution in [0.15, 0.2) is 82.7 Å². The third-order valence-corrected chi connectivity index (χ3v) is 6.59. The van der Waals surface area contributed by atoms with Crippen LogP contribution in [0.1, 0.15) is 6.42 Å². The molecule has 2 heterocycles. The number of halogens is 1. The van der Waals surface area contributed by atoms with E-state index in [9.17, 15) is 4.79 Å². The molecular formula is C25H21ClN4O3S. The lowest BCUT2D eigenvalue weighted by Gasteiger charge is -2.12. The van der Waals surface area contributed by atoms with Crippen LogP contribution in [0.5, 0.6) is 11.5 Å². The molecule has 0 aliphatic heterocycles. The van der Waals surface area contributed by atoms with E-state index in [2.05, 4.69) is 10.2 Å². The first-order valence-corrected chi connectivity index (χ1v) is 12.1. The fraction of sp³-hybridized carbons (Fsp3) is 0.160. The lowest BCUT2D eigenvalue weighted by molar-refractivity contribution is 0.318. The Morgan fingerprint density at radius 1 is 0.941 bits per heavy atom. The highest BCUT2D eigenvalue weighted by molar-refractivity contribution is 7.99. The van der Waals surface area contributed by atoms with E-state index in [1.54, 1.807) is 35.6 Å². The summed E-state index contributed by atoms with van der Waals surface area (Å²) in [7, 11) is 1.61. The summed E-state index contributed by atoms with van der Waals surface area (Å²) in [5.74, 6) is 2.75. The van der Waals surface area contributed by atoms with E-state index in [0.717, 1.165) is 28.6 Å². The average molecular weight is 493 g/mol. The molecule has 172 valence electrons. The van der Waals surface area contributed by atoms with Gasteiger partial charge in [0.05, 0.1) is 30.3 Å². The summed E-state index contributed by atoms with van der Waals surface area (Å²) in [5.41, 5.74) is 1.33. The van der Waals surface area contributed by atoms with Gasteiger partial charge in [0.15, 0.2) is 5.16 Å². The zero-order valence-corrected chi connectivity index (χ0v) is 19.9. The molecule has 0 radical (unpaired) electrons. The molecular weight excluding hydrogens is 472 g/mol. The molecule has 0 atom stereocenters. The molecule has 2 aromatic heterocycles. The summed E-state index contributed by atoms with van der Waals surface area (Å²) in [4.78, 5) is 13.4. The number of aromatic nitrogens is 4. The van der Waals surface area contributed by atoms with Gasteiger partial charge in [-0.2, -0.15) is 0 Å². The Bertz CT molecular complexity index is 1500. The predicted octanol–water partition coefficient (Wildman–Crippen LogP) is 5.26. The summed E-state index contributed by atoms with van der Waals surface area (Å²) in [6, 6.07) is 22.1. The average Bonchev–Trinajstić information content (AvgIpc) is 3.29. The molecule has 0 saturated heterocycles. The quantitative estimate of drug-likeness (QED) is 0.217. The maximum Gasteiger partial charge on any atom is 0.267 e. The molecule has 0 bridgehead atoms. The second kappa shape index (κ2) is 9.79. The maximum absolute atomic E-state index is 13.4. The minimum atomic E-state index is -0.145. The van der Waals surface area contributed by atoms with Crippen molar-refractivity contribution in [1.82, 2.24) is 19.2 Å². The van der Waals surface area contributed by atoms with E-state index in [4.69, 9.17) is 21.1 Å². The van der Waals surface area contributed by atoms with Gasteiger partial charge in [0.1, 0.15) is 11.5 Å². The van der Waals surface area contributed by atoms with E-state index in [-0.39, 0.29) is 5.56 Å². The van der Waals surface area contributed by atoms with Crippen LogP contribution in [-0.4, -0.2) is 38.6 Å². The summed E-state index contributed by atoms with van der Waals surface area (Å²) in [6.07, 6.45) is 0.818. The number of hydrogen-bond acceptors (Lipinski definition) is 6. The van der Waals surface area contributed by atoms with Gasteiger partial charge in [0.25, 0.3) is 5.56 Å². The van der Waals surface area contributed by atoms with Gasteiger partial charge in [-0.15, -0.1) is 10.2 Å². The fourth-order valence-corrected chi connectivity index (χ4v) is 4.66.